The molecule has 1 aromatic carbocycles. The normalized spacial score (nSPS) is 12.5. The number of methoxy groups -OCH3 is 1. The van der Waals surface area contributed by atoms with Crippen molar-refractivity contribution < 1.29 is 13.9 Å². The number of carbonyl (C=O) groups is 1. The summed E-state index contributed by atoms with van der Waals surface area (Å²) >= 11 is 0. The molecule has 0 heterocycles. The first-order valence-corrected chi connectivity index (χ1v) is 5.57. The first kappa shape index (κ1) is 13.6. The van der Waals surface area contributed by atoms with Crippen molar-refractivity contribution in [2.45, 2.75) is 19.4 Å². The summed E-state index contributed by atoms with van der Waals surface area (Å²) in [5, 5.41) is 0. The van der Waals surface area contributed by atoms with Gasteiger partial charge in [0.25, 0.3) is 0 Å². The fraction of sp³-hybridized carbons (Fsp3) is 0.462. The smallest absolute Gasteiger partial charge is 0.306 e. The Kier molecular flexibility index (Phi) is 5.10. The highest BCUT2D eigenvalue weighted by molar-refractivity contribution is 5.69. The predicted octanol–water partition coefficient (Wildman–Crippen LogP) is 2.38. The van der Waals surface area contributed by atoms with Gasteiger partial charge in [-0.15, -0.1) is 0 Å². The highest BCUT2D eigenvalue weighted by atomic mass is 19.1. The van der Waals surface area contributed by atoms with E-state index in [9.17, 15) is 9.18 Å². The molecule has 1 atom stereocenters. The highest BCUT2D eigenvalue weighted by Gasteiger charge is 2.15. The van der Waals surface area contributed by atoms with Gasteiger partial charge in [-0.1, -0.05) is 18.2 Å². The predicted molar refractivity (Wildman–Crippen MR) is 64.1 cm³/mol. The van der Waals surface area contributed by atoms with Crippen LogP contribution < -0.4 is 0 Å². The second kappa shape index (κ2) is 6.35. The molecule has 17 heavy (non-hydrogen) atoms. The van der Waals surface area contributed by atoms with Crippen LogP contribution in [0.4, 0.5) is 4.39 Å². The maximum absolute atomic E-state index is 13.5. The largest absolute Gasteiger partial charge is 0.469 e. The van der Waals surface area contributed by atoms with Crippen LogP contribution in [-0.4, -0.2) is 31.6 Å². The molecule has 94 valence electrons. The summed E-state index contributed by atoms with van der Waals surface area (Å²) in [5.41, 5.74) is 0.639. The number of halogens is 1. The van der Waals surface area contributed by atoms with Crippen molar-refractivity contribution in [3.63, 3.8) is 0 Å². The molecule has 4 heteroatoms. The molecule has 0 radical (unpaired) electrons. The van der Waals surface area contributed by atoms with E-state index in [-0.39, 0.29) is 17.8 Å². The zero-order chi connectivity index (χ0) is 12.8. The lowest BCUT2D eigenvalue weighted by Gasteiger charge is -2.24. The van der Waals surface area contributed by atoms with E-state index in [2.05, 4.69) is 4.74 Å². The van der Waals surface area contributed by atoms with Gasteiger partial charge < -0.3 is 4.74 Å². The quantitative estimate of drug-likeness (QED) is 0.739. The van der Waals surface area contributed by atoms with Gasteiger partial charge in [-0.2, -0.15) is 0 Å². The van der Waals surface area contributed by atoms with Crippen LogP contribution >= 0.6 is 0 Å². The molecule has 0 fully saturated rings. The summed E-state index contributed by atoms with van der Waals surface area (Å²) in [6, 6.07) is 6.61. The number of hydrogen-bond acceptors (Lipinski definition) is 3. The van der Waals surface area contributed by atoms with Crippen LogP contribution in [0.5, 0.6) is 0 Å². The van der Waals surface area contributed by atoms with Crippen LogP contribution in [-0.2, 0) is 9.53 Å². The maximum Gasteiger partial charge on any atom is 0.306 e. The van der Waals surface area contributed by atoms with Crippen molar-refractivity contribution in [3.8, 4) is 0 Å². The molecule has 0 aliphatic carbocycles. The molecule has 0 saturated heterocycles. The summed E-state index contributed by atoms with van der Waals surface area (Å²) in [7, 11) is 3.22. The molecule has 0 aliphatic rings. The lowest BCUT2D eigenvalue weighted by atomic mass is 10.1. The van der Waals surface area contributed by atoms with E-state index in [0.29, 0.717) is 18.5 Å². The van der Waals surface area contributed by atoms with Gasteiger partial charge in [-0.05, 0) is 20.0 Å². The Labute approximate surface area is 101 Å². The number of benzene rings is 1. The second-order valence-electron chi connectivity index (χ2n) is 4.00. The zero-order valence-corrected chi connectivity index (χ0v) is 10.4. The molecule has 0 amide bonds. The fourth-order valence-corrected chi connectivity index (χ4v) is 1.61. The summed E-state index contributed by atoms with van der Waals surface area (Å²) in [4.78, 5) is 12.9. The monoisotopic (exact) mass is 239 g/mol. The number of rotatable bonds is 5. The van der Waals surface area contributed by atoms with Crippen molar-refractivity contribution in [1.82, 2.24) is 4.90 Å². The molecule has 0 saturated carbocycles. The van der Waals surface area contributed by atoms with Gasteiger partial charge in [0, 0.05) is 18.2 Å². The lowest BCUT2D eigenvalue weighted by molar-refractivity contribution is -0.141. The van der Waals surface area contributed by atoms with E-state index in [1.807, 2.05) is 24.9 Å². The Morgan fingerprint density at radius 1 is 1.47 bits per heavy atom. The van der Waals surface area contributed by atoms with Gasteiger partial charge >= 0.3 is 5.97 Å². The minimum atomic E-state index is -0.252. The first-order valence-electron chi connectivity index (χ1n) is 5.57. The first-order chi connectivity index (χ1) is 8.06. The van der Waals surface area contributed by atoms with E-state index >= 15 is 0 Å². The number of hydrogen-bond donors (Lipinski definition) is 0. The van der Waals surface area contributed by atoms with Crippen molar-refractivity contribution in [2.24, 2.45) is 0 Å². The standard InChI is InChI=1S/C13H18FNO2/c1-10(11-6-4-5-7-12(11)14)15(2)9-8-13(16)17-3/h4-7,10H,8-9H2,1-3H3. The van der Waals surface area contributed by atoms with Crippen molar-refractivity contribution in [2.75, 3.05) is 20.7 Å². The molecule has 3 nitrogen and oxygen atoms in total. The van der Waals surface area contributed by atoms with E-state index in [4.69, 9.17) is 0 Å². The van der Waals surface area contributed by atoms with E-state index in [1.54, 1.807) is 12.1 Å². The Hall–Kier alpha value is -1.42. The Morgan fingerprint density at radius 3 is 2.71 bits per heavy atom. The SMILES string of the molecule is COC(=O)CCN(C)C(C)c1ccccc1F. The molecule has 0 aliphatic heterocycles. The van der Waals surface area contributed by atoms with E-state index in [0.717, 1.165) is 0 Å². The van der Waals surface area contributed by atoms with Crippen LogP contribution in [0.25, 0.3) is 0 Å². The molecular formula is C13H18FNO2. The van der Waals surface area contributed by atoms with Crippen molar-refractivity contribution in [1.29, 1.82) is 0 Å². The van der Waals surface area contributed by atoms with Crippen molar-refractivity contribution in [3.05, 3.63) is 35.6 Å². The number of esters is 1. The van der Waals surface area contributed by atoms with Crippen LogP contribution in [0.1, 0.15) is 24.9 Å². The van der Waals surface area contributed by atoms with Gasteiger partial charge in [0.2, 0.25) is 0 Å². The molecular weight excluding hydrogens is 221 g/mol. The Bertz CT molecular complexity index is 381. The summed E-state index contributed by atoms with van der Waals surface area (Å²) in [6.45, 7) is 2.46. The van der Waals surface area contributed by atoms with Crippen LogP contribution in [0.2, 0.25) is 0 Å². The minimum Gasteiger partial charge on any atom is -0.469 e. The van der Waals surface area contributed by atoms with Gasteiger partial charge in [0.15, 0.2) is 0 Å². The van der Waals surface area contributed by atoms with Gasteiger partial charge in [-0.25, -0.2) is 4.39 Å². The molecule has 0 aromatic heterocycles. The lowest BCUT2D eigenvalue weighted by Crippen LogP contribution is -2.26. The molecule has 1 aromatic rings. The van der Waals surface area contributed by atoms with Crippen molar-refractivity contribution >= 4 is 5.97 Å². The Balaban J connectivity index is 2.61. The Morgan fingerprint density at radius 2 is 2.12 bits per heavy atom. The molecule has 1 rings (SSSR count). The van der Waals surface area contributed by atoms with E-state index < -0.39 is 0 Å². The van der Waals surface area contributed by atoms with Gasteiger partial charge in [0.05, 0.1) is 13.5 Å². The maximum atomic E-state index is 13.5. The van der Waals surface area contributed by atoms with Crippen LogP contribution in [0.3, 0.4) is 0 Å². The zero-order valence-electron chi connectivity index (χ0n) is 10.4. The topological polar surface area (TPSA) is 29.5 Å². The van der Waals surface area contributed by atoms with Crippen LogP contribution in [0, 0.1) is 5.82 Å². The third kappa shape index (κ3) is 3.82. The third-order valence-corrected chi connectivity index (χ3v) is 2.91. The fourth-order valence-electron chi connectivity index (χ4n) is 1.61. The second-order valence-corrected chi connectivity index (χ2v) is 4.00. The molecule has 0 bridgehead atoms. The average molecular weight is 239 g/mol. The third-order valence-electron chi connectivity index (χ3n) is 2.91. The summed E-state index contributed by atoms with van der Waals surface area (Å²) in [6.07, 6.45) is 0.311. The van der Waals surface area contributed by atoms with Crippen LogP contribution in [0.15, 0.2) is 24.3 Å². The van der Waals surface area contributed by atoms with Gasteiger partial charge in [0.1, 0.15) is 5.82 Å². The molecule has 0 spiro atoms. The number of nitrogens with zero attached hydrogens (tertiary/aromatic N) is 1. The number of carbonyl (C=O) groups excluding carboxylic acids is 1. The summed E-state index contributed by atoms with van der Waals surface area (Å²) in [5.74, 6) is -0.470. The summed E-state index contributed by atoms with van der Waals surface area (Å²) < 4.78 is 18.1. The number of ether oxygens (including phenoxy) is 1. The molecule has 1 unspecified atom stereocenters. The molecule has 0 N–H and O–H groups in total. The van der Waals surface area contributed by atoms with Gasteiger partial charge in [-0.3, -0.25) is 9.69 Å². The minimum absolute atomic E-state index is 0.0687. The van der Waals surface area contributed by atoms with E-state index in [1.165, 1.54) is 13.2 Å². The highest BCUT2D eigenvalue weighted by Crippen LogP contribution is 2.21. The average Bonchev–Trinajstić information content (AvgIpc) is 2.35.